The van der Waals surface area contributed by atoms with Gasteiger partial charge in [0, 0.05) is 28.1 Å². The van der Waals surface area contributed by atoms with Crippen LogP contribution < -0.4 is 9.62 Å². The lowest BCUT2D eigenvalue weighted by atomic mass is 10.0. The molecule has 7 nitrogen and oxygen atoms in total. The van der Waals surface area contributed by atoms with Crippen molar-refractivity contribution in [1.82, 2.24) is 10.2 Å². The molecule has 0 heterocycles. The molecule has 0 spiro atoms. The van der Waals surface area contributed by atoms with Crippen LogP contribution in [-0.2, 0) is 32.6 Å². The van der Waals surface area contributed by atoms with Gasteiger partial charge in [-0.15, -0.1) is 0 Å². The van der Waals surface area contributed by atoms with Crippen molar-refractivity contribution in [1.29, 1.82) is 0 Å². The molecule has 0 radical (unpaired) electrons. The molecule has 0 aliphatic carbocycles. The van der Waals surface area contributed by atoms with Crippen molar-refractivity contribution in [3.8, 4) is 0 Å². The van der Waals surface area contributed by atoms with Crippen LogP contribution in [0.2, 0.25) is 5.02 Å². The van der Waals surface area contributed by atoms with Crippen LogP contribution in [0.1, 0.15) is 24.5 Å². The third-order valence-electron chi connectivity index (χ3n) is 6.79. The van der Waals surface area contributed by atoms with Gasteiger partial charge in [0.1, 0.15) is 12.6 Å². The molecular formula is C33H33ClIN3O4S. The molecule has 0 aliphatic heterocycles. The Morgan fingerprint density at radius 3 is 2.12 bits per heavy atom. The van der Waals surface area contributed by atoms with Crippen molar-refractivity contribution in [3.63, 3.8) is 0 Å². The normalized spacial score (nSPS) is 11.9. The first-order valence-corrected chi connectivity index (χ1v) is 16.8. The van der Waals surface area contributed by atoms with Gasteiger partial charge in [0.25, 0.3) is 10.0 Å². The van der Waals surface area contributed by atoms with Gasteiger partial charge in [-0.1, -0.05) is 79.2 Å². The predicted octanol–water partition coefficient (Wildman–Crippen LogP) is 6.31. The van der Waals surface area contributed by atoms with Gasteiger partial charge >= 0.3 is 0 Å². The zero-order valence-electron chi connectivity index (χ0n) is 23.7. The number of hydrogen-bond acceptors (Lipinski definition) is 4. The van der Waals surface area contributed by atoms with E-state index in [9.17, 15) is 18.0 Å². The first kappa shape index (κ1) is 32.5. The summed E-state index contributed by atoms with van der Waals surface area (Å²) in [4.78, 5) is 29.6. The minimum atomic E-state index is -4.13. The molecule has 0 saturated carbocycles. The first-order valence-electron chi connectivity index (χ1n) is 13.9. The van der Waals surface area contributed by atoms with E-state index < -0.39 is 28.5 Å². The van der Waals surface area contributed by atoms with Crippen molar-refractivity contribution >= 4 is 61.7 Å². The summed E-state index contributed by atoms with van der Waals surface area (Å²) >= 11 is 8.42. The fourth-order valence-corrected chi connectivity index (χ4v) is 6.62. The molecule has 1 atom stereocenters. The van der Waals surface area contributed by atoms with Crippen molar-refractivity contribution in [3.05, 3.63) is 129 Å². The van der Waals surface area contributed by atoms with Crippen LogP contribution in [0.25, 0.3) is 0 Å². The molecule has 4 aromatic carbocycles. The van der Waals surface area contributed by atoms with Gasteiger partial charge in [0.2, 0.25) is 11.8 Å². The summed E-state index contributed by atoms with van der Waals surface area (Å²) in [6, 6.07) is 30.6. The van der Waals surface area contributed by atoms with Gasteiger partial charge in [-0.3, -0.25) is 13.9 Å². The molecule has 4 rings (SSSR count). The third-order valence-corrected chi connectivity index (χ3v) is 9.53. The molecule has 10 heteroatoms. The average Bonchev–Trinajstić information content (AvgIpc) is 3.01. The predicted molar refractivity (Wildman–Crippen MR) is 179 cm³/mol. The van der Waals surface area contributed by atoms with Crippen LogP contribution in [0.5, 0.6) is 0 Å². The number of benzene rings is 4. The summed E-state index contributed by atoms with van der Waals surface area (Å²) < 4.78 is 30.0. The standard InChI is InChI=1S/C33H33ClIN3O4S/c1-2-20-36-33(40)31(22-25-10-5-3-6-11-25)37(23-26-12-9-13-27(34)21-26)32(39)24-38(29-18-16-28(35)17-19-29)43(41,42)30-14-7-4-8-15-30/h3-19,21,31H,2,20,22-24H2,1H3,(H,36,40)/t31-/m1/s1. The van der Waals surface area contributed by atoms with E-state index in [0.29, 0.717) is 22.8 Å². The number of amides is 2. The molecule has 4 aromatic rings. The van der Waals surface area contributed by atoms with Crippen molar-refractivity contribution in [2.75, 3.05) is 17.4 Å². The van der Waals surface area contributed by atoms with Crippen LogP contribution in [0.15, 0.2) is 114 Å². The smallest absolute Gasteiger partial charge is 0.264 e. The SMILES string of the molecule is CCCNC(=O)[C@@H](Cc1ccccc1)N(Cc1cccc(Cl)c1)C(=O)CN(c1ccc(I)cc1)S(=O)(=O)c1ccccc1. The topological polar surface area (TPSA) is 86.8 Å². The third kappa shape index (κ3) is 8.81. The van der Waals surface area contributed by atoms with Crippen LogP contribution in [0, 0.1) is 3.57 Å². The maximum absolute atomic E-state index is 14.4. The monoisotopic (exact) mass is 729 g/mol. The van der Waals surface area contributed by atoms with Gasteiger partial charge in [-0.25, -0.2) is 8.42 Å². The number of nitrogens with zero attached hydrogens (tertiary/aromatic N) is 2. The van der Waals surface area contributed by atoms with E-state index in [1.165, 1.54) is 17.0 Å². The second-order valence-electron chi connectivity index (χ2n) is 9.95. The average molecular weight is 730 g/mol. The molecule has 0 fully saturated rings. The van der Waals surface area contributed by atoms with Gasteiger partial charge in [0.15, 0.2) is 0 Å². The highest BCUT2D eigenvalue weighted by molar-refractivity contribution is 14.1. The van der Waals surface area contributed by atoms with Crippen LogP contribution in [-0.4, -0.2) is 44.3 Å². The minimum Gasteiger partial charge on any atom is -0.354 e. The fraction of sp³-hybridized carbons (Fsp3) is 0.212. The number of carbonyl (C=O) groups excluding carboxylic acids is 2. The Labute approximate surface area is 272 Å². The maximum Gasteiger partial charge on any atom is 0.264 e. The fourth-order valence-electron chi connectivity index (χ4n) is 4.61. The number of rotatable bonds is 13. The maximum atomic E-state index is 14.4. The zero-order chi connectivity index (χ0) is 30.8. The Kier molecular flexibility index (Phi) is 11.6. The minimum absolute atomic E-state index is 0.0579. The zero-order valence-corrected chi connectivity index (χ0v) is 27.4. The Hall–Kier alpha value is -3.41. The second kappa shape index (κ2) is 15.4. The largest absolute Gasteiger partial charge is 0.354 e. The van der Waals surface area contributed by atoms with Crippen LogP contribution >= 0.6 is 34.2 Å². The Balaban J connectivity index is 1.78. The molecule has 0 saturated heterocycles. The van der Waals surface area contributed by atoms with E-state index in [0.717, 1.165) is 19.9 Å². The van der Waals surface area contributed by atoms with E-state index in [2.05, 4.69) is 27.9 Å². The summed E-state index contributed by atoms with van der Waals surface area (Å²) in [5.74, 6) is -0.835. The van der Waals surface area contributed by atoms with E-state index >= 15 is 0 Å². The van der Waals surface area contributed by atoms with Crippen molar-refractivity contribution in [2.24, 2.45) is 0 Å². The van der Waals surface area contributed by atoms with Crippen molar-refractivity contribution in [2.45, 2.75) is 37.2 Å². The number of anilines is 1. The van der Waals surface area contributed by atoms with E-state index in [1.54, 1.807) is 60.7 Å². The number of carbonyl (C=O) groups is 2. The van der Waals surface area contributed by atoms with Gasteiger partial charge in [-0.2, -0.15) is 0 Å². The molecule has 224 valence electrons. The lowest BCUT2D eigenvalue weighted by molar-refractivity contribution is -0.140. The molecule has 0 aromatic heterocycles. The summed E-state index contributed by atoms with van der Waals surface area (Å²) in [6.07, 6.45) is 0.972. The number of nitrogens with one attached hydrogen (secondary N) is 1. The summed E-state index contributed by atoms with van der Waals surface area (Å²) in [5, 5.41) is 3.43. The molecule has 0 aliphatic rings. The molecular weight excluding hydrogens is 697 g/mol. The lowest BCUT2D eigenvalue weighted by Gasteiger charge is -2.34. The van der Waals surface area contributed by atoms with E-state index in [4.69, 9.17) is 11.6 Å². The highest BCUT2D eigenvalue weighted by Crippen LogP contribution is 2.26. The second-order valence-corrected chi connectivity index (χ2v) is 13.5. The highest BCUT2D eigenvalue weighted by atomic mass is 127. The highest BCUT2D eigenvalue weighted by Gasteiger charge is 2.34. The molecule has 0 unspecified atom stereocenters. The Bertz CT molecular complexity index is 1620. The number of sulfonamides is 1. The summed E-state index contributed by atoms with van der Waals surface area (Å²) in [6.45, 7) is 1.95. The number of hydrogen-bond donors (Lipinski definition) is 1. The van der Waals surface area contributed by atoms with Crippen LogP contribution in [0.3, 0.4) is 0 Å². The van der Waals surface area contributed by atoms with Gasteiger partial charge in [-0.05, 0) is 88.7 Å². The van der Waals surface area contributed by atoms with E-state index in [1.807, 2.05) is 43.3 Å². The Morgan fingerprint density at radius 2 is 1.49 bits per heavy atom. The number of halogens is 2. The summed E-state index contributed by atoms with van der Waals surface area (Å²) in [7, 11) is -4.13. The molecule has 2 amide bonds. The molecule has 43 heavy (non-hydrogen) atoms. The van der Waals surface area contributed by atoms with Crippen LogP contribution in [0.4, 0.5) is 5.69 Å². The molecule has 1 N–H and O–H groups in total. The van der Waals surface area contributed by atoms with E-state index in [-0.39, 0.29) is 23.8 Å². The molecule has 0 bridgehead atoms. The first-order chi connectivity index (χ1) is 20.7. The van der Waals surface area contributed by atoms with Gasteiger partial charge < -0.3 is 10.2 Å². The lowest BCUT2D eigenvalue weighted by Crippen LogP contribution is -2.53. The Morgan fingerprint density at radius 1 is 0.860 bits per heavy atom. The summed E-state index contributed by atoms with van der Waals surface area (Å²) in [5.41, 5.74) is 1.93. The quantitative estimate of drug-likeness (QED) is 0.164. The van der Waals surface area contributed by atoms with Crippen molar-refractivity contribution < 1.29 is 18.0 Å². The van der Waals surface area contributed by atoms with Gasteiger partial charge in [0.05, 0.1) is 10.6 Å².